The molecule has 1 saturated heterocycles. The number of hydrogen-bond acceptors (Lipinski definition) is 3. The number of unbranched alkanes of at least 4 members (excludes halogenated alkanes) is 2. The maximum Gasteiger partial charge on any atom is 0.221 e. The molecule has 0 saturated carbocycles. The van der Waals surface area contributed by atoms with Crippen molar-refractivity contribution in [2.75, 3.05) is 13.1 Å². The third kappa shape index (κ3) is 7.75. The Hall–Kier alpha value is -2.17. The van der Waals surface area contributed by atoms with Gasteiger partial charge in [-0.15, -0.1) is 0 Å². The second kappa shape index (κ2) is 13.4. The van der Waals surface area contributed by atoms with Crippen LogP contribution in [-0.4, -0.2) is 36.0 Å². The first-order valence-electron chi connectivity index (χ1n) is 12.4. The summed E-state index contributed by atoms with van der Waals surface area (Å²) in [6, 6.07) is 21.5. The molecular formula is C28H40N2O2. The highest BCUT2D eigenvalue weighted by atomic mass is 16.5. The van der Waals surface area contributed by atoms with Gasteiger partial charge in [-0.1, -0.05) is 86.8 Å². The fraction of sp³-hybridized carbons (Fsp3) is 0.536. The van der Waals surface area contributed by atoms with Crippen molar-refractivity contribution in [2.24, 2.45) is 0 Å². The van der Waals surface area contributed by atoms with E-state index in [2.05, 4.69) is 78.7 Å². The van der Waals surface area contributed by atoms with Crippen LogP contribution in [0.2, 0.25) is 0 Å². The molecule has 1 aliphatic heterocycles. The highest BCUT2D eigenvalue weighted by molar-refractivity contribution is 5.76. The molecule has 4 heteroatoms. The lowest BCUT2D eigenvalue weighted by atomic mass is 9.95. The first kappa shape index (κ1) is 24.5. The van der Waals surface area contributed by atoms with Crippen molar-refractivity contribution in [3.05, 3.63) is 71.8 Å². The normalized spacial score (nSPS) is 19.6. The number of amides is 1. The number of carbonyl (C=O) groups excluding carboxylic acids is 1. The molecular weight excluding hydrogens is 396 g/mol. The van der Waals surface area contributed by atoms with E-state index in [1.165, 1.54) is 30.4 Å². The maximum atomic E-state index is 12.6. The van der Waals surface area contributed by atoms with Gasteiger partial charge in [0, 0.05) is 31.6 Å². The van der Waals surface area contributed by atoms with Crippen LogP contribution in [-0.2, 0) is 16.1 Å². The number of nitrogens with zero attached hydrogens (tertiary/aromatic N) is 1. The monoisotopic (exact) mass is 436 g/mol. The minimum absolute atomic E-state index is 0.157. The summed E-state index contributed by atoms with van der Waals surface area (Å²) in [5, 5.41) is 3.09. The van der Waals surface area contributed by atoms with Gasteiger partial charge in [0.25, 0.3) is 0 Å². The maximum absolute atomic E-state index is 12.6. The quantitative estimate of drug-likeness (QED) is 0.447. The zero-order chi connectivity index (χ0) is 22.6. The molecule has 0 spiro atoms. The zero-order valence-electron chi connectivity index (χ0n) is 19.8. The number of carbonyl (C=O) groups is 1. The lowest BCUT2D eigenvalue weighted by Gasteiger charge is -2.39. The van der Waals surface area contributed by atoms with Crippen LogP contribution in [0.5, 0.6) is 0 Å². The molecule has 1 amide bonds. The Morgan fingerprint density at radius 2 is 1.78 bits per heavy atom. The van der Waals surface area contributed by atoms with E-state index < -0.39 is 0 Å². The molecule has 0 unspecified atom stereocenters. The summed E-state index contributed by atoms with van der Waals surface area (Å²) in [5.41, 5.74) is 2.52. The van der Waals surface area contributed by atoms with Gasteiger partial charge in [-0.25, -0.2) is 0 Å². The van der Waals surface area contributed by atoms with Gasteiger partial charge in [0.05, 0.1) is 12.7 Å². The second-order valence-corrected chi connectivity index (χ2v) is 9.04. The Morgan fingerprint density at radius 1 is 1.06 bits per heavy atom. The second-order valence-electron chi connectivity index (χ2n) is 9.04. The van der Waals surface area contributed by atoms with E-state index in [9.17, 15) is 4.79 Å². The first-order valence-corrected chi connectivity index (χ1v) is 12.4. The molecule has 174 valence electrons. The van der Waals surface area contributed by atoms with Crippen LogP contribution >= 0.6 is 0 Å². The molecule has 1 fully saturated rings. The SMILES string of the molecule is CCCCC[C@@H](C[C@H]1CC(=O)NCCCN1[C@@H](C)c1ccccc1)OCc1ccccc1. The van der Waals surface area contributed by atoms with E-state index >= 15 is 0 Å². The van der Waals surface area contributed by atoms with Gasteiger partial charge in [0.15, 0.2) is 0 Å². The van der Waals surface area contributed by atoms with E-state index in [1.807, 2.05) is 6.07 Å². The van der Waals surface area contributed by atoms with Gasteiger partial charge < -0.3 is 10.1 Å². The molecule has 1 heterocycles. The summed E-state index contributed by atoms with van der Waals surface area (Å²) in [5.74, 6) is 0.162. The Morgan fingerprint density at radius 3 is 2.50 bits per heavy atom. The van der Waals surface area contributed by atoms with E-state index in [-0.39, 0.29) is 24.1 Å². The van der Waals surface area contributed by atoms with Crippen LogP contribution in [0, 0.1) is 0 Å². The molecule has 3 atom stereocenters. The standard InChI is InChI=1S/C28H40N2O2/c1-3-4-7-17-27(32-22-24-13-8-5-9-14-24)20-26-21-28(31)29-18-12-19-30(26)23(2)25-15-10-6-11-16-25/h5-6,8-11,13-16,23,26-27H,3-4,7,12,17-22H2,1-2H3,(H,29,31)/t23-,26-,27-/m0/s1. The minimum Gasteiger partial charge on any atom is -0.373 e. The number of nitrogens with one attached hydrogen (secondary N) is 1. The Kier molecular flexibility index (Phi) is 10.2. The molecule has 0 aromatic heterocycles. The molecule has 2 aromatic rings. The summed E-state index contributed by atoms with van der Waals surface area (Å²) < 4.78 is 6.46. The first-order chi connectivity index (χ1) is 15.7. The Bertz CT molecular complexity index is 781. The van der Waals surface area contributed by atoms with Gasteiger partial charge in [-0.2, -0.15) is 0 Å². The molecule has 3 rings (SSSR count). The van der Waals surface area contributed by atoms with E-state index in [1.54, 1.807) is 0 Å². The minimum atomic E-state index is 0.157. The molecule has 4 nitrogen and oxygen atoms in total. The van der Waals surface area contributed by atoms with Crippen molar-refractivity contribution >= 4 is 5.91 Å². The lowest BCUT2D eigenvalue weighted by molar-refractivity contribution is -0.123. The predicted molar refractivity (Wildman–Crippen MR) is 131 cm³/mol. The topological polar surface area (TPSA) is 41.6 Å². The van der Waals surface area contributed by atoms with Gasteiger partial charge >= 0.3 is 0 Å². The fourth-order valence-electron chi connectivity index (χ4n) is 4.71. The van der Waals surface area contributed by atoms with Crippen LogP contribution in [0.25, 0.3) is 0 Å². The number of hydrogen-bond donors (Lipinski definition) is 1. The third-order valence-electron chi connectivity index (χ3n) is 6.58. The molecule has 1 N–H and O–H groups in total. The average molecular weight is 437 g/mol. The van der Waals surface area contributed by atoms with Gasteiger partial charge in [0.1, 0.15) is 0 Å². The molecule has 0 aliphatic carbocycles. The van der Waals surface area contributed by atoms with Gasteiger partial charge in [-0.05, 0) is 37.3 Å². The summed E-state index contributed by atoms with van der Waals surface area (Å²) in [6.07, 6.45) is 7.20. The highest BCUT2D eigenvalue weighted by Crippen LogP contribution is 2.28. The molecule has 32 heavy (non-hydrogen) atoms. The van der Waals surface area contributed by atoms with Gasteiger partial charge in [0.2, 0.25) is 5.91 Å². The van der Waals surface area contributed by atoms with Crippen molar-refractivity contribution < 1.29 is 9.53 Å². The van der Waals surface area contributed by atoms with Crippen LogP contribution in [0.4, 0.5) is 0 Å². The van der Waals surface area contributed by atoms with E-state index in [0.717, 1.165) is 32.4 Å². The number of rotatable bonds is 11. The average Bonchev–Trinajstić information content (AvgIpc) is 2.81. The summed E-state index contributed by atoms with van der Waals surface area (Å²) in [4.78, 5) is 15.1. The molecule has 0 bridgehead atoms. The van der Waals surface area contributed by atoms with Crippen molar-refractivity contribution in [2.45, 2.75) is 83.6 Å². The predicted octanol–water partition coefficient (Wildman–Crippen LogP) is 5.88. The van der Waals surface area contributed by atoms with Crippen molar-refractivity contribution in [1.29, 1.82) is 0 Å². The number of benzene rings is 2. The van der Waals surface area contributed by atoms with Crippen molar-refractivity contribution in [1.82, 2.24) is 10.2 Å². The largest absolute Gasteiger partial charge is 0.373 e. The highest BCUT2D eigenvalue weighted by Gasteiger charge is 2.30. The molecule has 1 aliphatic rings. The summed E-state index contributed by atoms with van der Waals surface area (Å²) >= 11 is 0. The van der Waals surface area contributed by atoms with Crippen LogP contribution in [0.15, 0.2) is 60.7 Å². The van der Waals surface area contributed by atoms with E-state index in [0.29, 0.717) is 13.0 Å². The summed E-state index contributed by atoms with van der Waals surface area (Å²) in [7, 11) is 0. The lowest BCUT2D eigenvalue weighted by Crippen LogP contribution is -2.46. The Labute approximate surface area is 194 Å². The van der Waals surface area contributed by atoms with E-state index in [4.69, 9.17) is 4.74 Å². The van der Waals surface area contributed by atoms with Crippen LogP contribution in [0.1, 0.15) is 76.0 Å². The van der Waals surface area contributed by atoms with Crippen molar-refractivity contribution in [3.63, 3.8) is 0 Å². The van der Waals surface area contributed by atoms with Crippen LogP contribution in [0.3, 0.4) is 0 Å². The van der Waals surface area contributed by atoms with Gasteiger partial charge in [-0.3, -0.25) is 9.69 Å². The zero-order valence-corrected chi connectivity index (χ0v) is 19.8. The van der Waals surface area contributed by atoms with Crippen molar-refractivity contribution in [3.8, 4) is 0 Å². The number of ether oxygens (including phenoxy) is 1. The summed E-state index contributed by atoms with van der Waals surface area (Å²) in [6.45, 7) is 6.89. The molecule has 0 radical (unpaired) electrons. The smallest absolute Gasteiger partial charge is 0.221 e. The fourth-order valence-corrected chi connectivity index (χ4v) is 4.71. The third-order valence-corrected chi connectivity index (χ3v) is 6.58. The molecule has 2 aromatic carbocycles. The van der Waals surface area contributed by atoms with Crippen LogP contribution < -0.4 is 5.32 Å². The Balaban J connectivity index is 1.74.